The van der Waals surface area contributed by atoms with Gasteiger partial charge in [0.05, 0.1) is 5.92 Å². The quantitative estimate of drug-likeness (QED) is 0.747. The van der Waals surface area contributed by atoms with E-state index in [1.54, 1.807) is 0 Å². The molecule has 0 spiro atoms. The van der Waals surface area contributed by atoms with Gasteiger partial charge >= 0.3 is 0 Å². The zero-order valence-corrected chi connectivity index (χ0v) is 10.9. The number of rotatable bonds is 2. The van der Waals surface area contributed by atoms with Crippen molar-refractivity contribution in [2.75, 3.05) is 13.1 Å². The Morgan fingerprint density at radius 1 is 1.25 bits per heavy atom. The molecule has 1 aliphatic heterocycles. The van der Waals surface area contributed by atoms with Gasteiger partial charge in [0.25, 0.3) is 0 Å². The number of amides is 1. The molecule has 0 unspecified atom stereocenters. The van der Waals surface area contributed by atoms with Crippen molar-refractivity contribution in [3.63, 3.8) is 0 Å². The predicted molar refractivity (Wildman–Crippen MR) is 65.1 cm³/mol. The molecule has 1 amide bonds. The second-order valence-corrected chi connectivity index (χ2v) is 6.43. The minimum absolute atomic E-state index is 0.181. The Balaban J connectivity index is 1.89. The topological polar surface area (TPSA) is 41.1 Å². The van der Waals surface area contributed by atoms with Crippen LogP contribution in [0.3, 0.4) is 0 Å². The SMILES string of the molecule is CC1(C)C(NC(=O)[C@@H]2CCCNC2)C1(C)C. The third-order valence-electron chi connectivity index (χ3n) is 4.97. The summed E-state index contributed by atoms with van der Waals surface area (Å²) in [6, 6.07) is 0.342. The summed E-state index contributed by atoms with van der Waals surface area (Å²) in [4.78, 5) is 12.1. The standard InChI is InChI=1S/C13H24N2O/c1-12(2)11(13(12,3)4)15-10(16)9-6-5-7-14-8-9/h9,11,14H,5-8H2,1-4H3,(H,15,16)/t9-/m1/s1. The Morgan fingerprint density at radius 2 is 1.88 bits per heavy atom. The van der Waals surface area contributed by atoms with Gasteiger partial charge in [-0.25, -0.2) is 0 Å². The van der Waals surface area contributed by atoms with Crippen molar-refractivity contribution in [3.8, 4) is 0 Å². The van der Waals surface area contributed by atoms with E-state index in [-0.39, 0.29) is 22.7 Å². The average molecular weight is 224 g/mol. The molecule has 1 atom stereocenters. The Hall–Kier alpha value is -0.570. The summed E-state index contributed by atoms with van der Waals surface area (Å²) in [7, 11) is 0. The van der Waals surface area contributed by atoms with Gasteiger partial charge in [0.15, 0.2) is 0 Å². The smallest absolute Gasteiger partial charge is 0.224 e. The molecular formula is C13H24N2O. The van der Waals surface area contributed by atoms with Gasteiger partial charge in [0.1, 0.15) is 0 Å². The van der Waals surface area contributed by atoms with Crippen molar-refractivity contribution in [3.05, 3.63) is 0 Å². The maximum atomic E-state index is 12.1. The van der Waals surface area contributed by atoms with E-state index in [2.05, 4.69) is 38.3 Å². The Bertz CT molecular complexity index is 276. The highest BCUT2D eigenvalue weighted by Crippen LogP contribution is 2.62. The van der Waals surface area contributed by atoms with Crippen molar-refractivity contribution in [1.29, 1.82) is 0 Å². The van der Waals surface area contributed by atoms with Gasteiger partial charge in [-0.3, -0.25) is 4.79 Å². The highest BCUT2D eigenvalue weighted by atomic mass is 16.2. The van der Waals surface area contributed by atoms with E-state index in [0.717, 1.165) is 25.9 Å². The maximum absolute atomic E-state index is 12.1. The summed E-state index contributed by atoms with van der Waals surface area (Å²) in [6.45, 7) is 10.8. The molecule has 3 nitrogen and oxygen atoms in total. The molecule has 0 aromatic carbocycles. The van der Waals surface area contributed by atoms with Gasteiger partial charge in [0.2, 0.25) is 5.91 Å². The molecule has 2 rings (SSSR count). The van der Waals surface area contributed by atoms with Gasteiger partial charge in [-0.2, -0.15) is 0 Å². The molecule has 0 radical (unpaired) electrons. The van der Waals surface area contributed by atoms with Gasteiger partial charge in [0, 0.05) is 12.6 Å². The van der Waals surface area contributed by atoms with Gasteiger partial charge < -0.3 is 10.6 Å². The van der Waals surface area contributed by atoms with E-state index in [9.17, 15) is 4.79 Å². The monoisotopic (exact) mass is 224 g/mol. The van der Waals surface area contributed by atoms with E-state index in [4.69, 9.17) is 0 Å². The first-order valence-corrected chi connectivity index (χ1v) is 6.38. The molecule has 2 aliphatic rings. The predicted octanol–water partition coefficient (Wildman–Crippen LogP) is 1.54. The molecule has 0 aromatic heterocycles. The number of piperidine rings is 1. The highest BCUT2D eigenvalue weighted by molar-refractivity contribution is 5.80. The molecule has 0 aromatic rings. The summed E-state index contributed by atoms with van der Waals surface area (Å²) in [5, 5.41) is 6.52. The molecule has 1 saturated carbocycles. The first-order valence-electron chi connectivity index (χ1n) is 6.38. The van der Waals surface area contributed by atoms with Crippen LogP contribution in [0.2, 0.25) is 0 Å². The van der Waals surface area contributed by atoms with Crippen LogP contribution >= 0.6 is 0 Å². The van der Waals surface area contributed by atoms with E-state index in [1.807, 2.05) is 0 Å². The average Bonchev–Trinajstić information content (AvgIpc) is 2.62. The summed E-state index contributed by atoms with van der Waals surface area (Å²) >= 11 is 0. The zero-order chi connectivity index (χ0) is 12.0. The van der Waals surface area contributed by atoms with E-state index < -0.39 is 0 Å². The summed E-state index contributed by atoms with van der Waals surface area (Å²) in [5.74, 6) is 0.428. The van der Waals surface area contributed by atoms with Crippen LogP contribution in [-0.4, -0.2) is 25.0 Å². The van der Waals surface area contributed by atoms with Crippen LogP contribution < -0.4 is 10.6 Å². The highest BCUT2D eigenvalue weighted by Gasteiger charge is 2.65. The van der Waals surface area contributed by atoms with Crippen molar-refractivity contribution in [1.82, 2.24) is 10.6 Å². The molecule has 92 valence electrons. The largest absolute Gasteiger partial charge is 0.352 e. The lowest BCUT2D eigenvalue weighted by Crippen LogP contribution is -2.42. The first-order chi connectivity index (χ1) is 7.37. The third kappa shape index (κ3) is 1.75. The first kappa shape index (κ1) is 11.9. The van der Waals surface area contributed by atoms with Crippen LogP contribution in [0.15, 0.2) is 0 Å². The minimum atomic E-state index is 0.181. The van der Waals surface area contributed by atoms with Gasteiger partial charge in [-0.15, -0.1) is 0 Å². The van der Waals surface area contributed by atoms with Crippen LogP contribution in [0.5, 0.6) is 0 Å². The molecular weight excluding hydrogens is 200 g/mol. The van der Waals surface area contributed by atoms with Crippen molar-refractivity contribution < 1.29 is 4.79 Å². The van der Waals surface area contributed by atoms with Crippen LogP contribution in [0.1, 0.15) is 40.5 Å². The number of hydrogen-bond donors (Lipinski definition) is 2. The maximum Gasteiger partial charge on any atom is 0.224 e. The molecule has 2 N–H and O–H groups in total. The van der Waals surface area contributed by atoms with Gasteiger partial charge in [-0.05, 0) is 30.2 Å². The molecule has 16 heavy (non-hydrogen) atoms. The van der Waals surface area contributed by atoms with Crippen LogP contribution in [0.4, 0.5) is 0 Å². The Labute approximate surface area is 98.4 Å². The van der Waals surface area contributed by atoms with E-state index in [0.29, 0.717) is 6.04 Å². The Morgan fingerprint density at radius 3 is 2.31 bits per heavy atom. The molecule has 1 saturated heterocycles. The Kier molecular flexibility index (Phi) is 2.77. The summed E-state index contributed by atoms with van der Waals surface area (Å²) in [6.07, 6.45) is 2.15. The minimum Gasteiger partial charge on any atom is -0.352 e. The van der Waals surface area contributed by atoms with E-state index in [1.165, 1.54) is 0 Å². The van der Waals surface area contributed by atoms with Crippen LogP contribution in [0.25, 0.3) is 0 Å². The molecule has 0 bridgehead atoms. The lowest BCUT2D eigenvalue weighted by molar-refractivity contribution is -0.125. The van der Waals surface area contributed by atoms with Crippen LogP contribution in [-0.2, 0) is 4.79 Å². The molecule has 1 heterocycles. The normalized spacial score (nSPS) is 32.1. The lowest BCUT2D eigenvalue weighted by atomic mass is 9.99. The fraction of sp³-hybridized carbons (Fsp3) is 0.923. The molecule has 3 heteroatoms. The fourth-order valence-corrected chi connectivity index (χ4v) is 2.89. The zero-order valence-electron chi connectivity index (χ0n) is 10.9. The van der Waals surface area contributed by atoms with Crippen molar-refractivity contribution in [2.45, 2.75) is 46.6 Å². The number of hydrogen-bond acceptors (Lipinski definition) is 2. The second-order valence-electron chi connectivity index (χ2n) is 6.43. The van der Waals surface area contributed by atoms with Crippen molar-refractivity contribution >= 4 is 5.91 Å². The number of carbonyl (C=O) groups excluding carboxylic acids is 1. The number of carbonyl (C=O) groups is 1. The number of nitrogens with one attached hydrogen (secondary N) is 2. The van der Waals surface area contributed by atoms with E-state index >= 15 is 0 Å². The third-order valence-corrected chi connectivity index (χ3v) is 4.97. The van der Waals surface area contributed by atoms with Gasteiger partial charge in [-0.1, -0.05) is 27.7 Å². The molecule has 2 fully saturated rings. The fourth-order valence-electron chi connectivity index (χ4n) is 2.89. The lowest BCUT2D eigenvalue weighted by Gasteiger charge is -2.22. The second kappa shape index (κ2) is 3.73. The summed E-state index contributed by atoms with van der Waals surface area (Å²) < 4.78 is 0. The molecule has 1 aliphatic carbocycles. The van der Waals surface area contributed by atoms with Crippen molar-refractivity contribution in [2.24, 2.45) is 16.7 Å². The summed E-state index contributed by atoms with van der Waals surface area (Å²) in [5.41, 5.74) is 0.482. The van der Waals surface area contributed by atoms with Crippen LogP contribution in [0, 0.1) is 16.7 Å².